The Hall–Kier alpha value is -0.240. The van der Waals surface area contributed by atoms with Gasteiger partial charge in [-0.15, -0.1) is 0 Å². The van der Waals surface area contributed by atoms with Gasteiger partial charge in [-0.25, -0.2) is 10.2 Å². The predicted molar refractivity (Wildman–Crippen MR) is 54.4 cm³/mol. The Morgan fingerprint density at radius 1 is 0.438 bits per heavy atom. The fourth-order valence-corrected chi connectivity index (χ4v) is 0.880. The Morgan fingerprint density at radius 3 is 0.938 bits per heavy atom. The summed E-state index contributed by atoms with van der Waals surface area (Å²) in [6.45, 7) is 2.83. The SMILES string of the molecule is [O]CCOCCOCCOCCOCC[O]. The van der Waals surface area contributed by atoms with Crippen LogP contribution in [0.15, 0.2) is 0 Å². The molecule has 0 atom stereocenters. The van der Waals surface area contributed by atoms with E-state index in [0.717, 1.165) is 0 Å². The van der Waals surface area contributed by atoms with Crippen molar-refractivity contribution < 1.29 is 29.2 Å². The molecule has 16 heavy (non-hydrogen) atoms. The van der Waals surface area contributed by atoms with Crippen molar-refractivity contribution in [1.29, 1.82) is 0 Å². The van der Waals surface area contributed by atoms with Gasteiger partial charge in [0.2, 0.25) is 0 Å². The highest BCUT2D eigenvalue weighted by atomic mass is 16.6. The number of ether oxygens (including phenoxy) is 4. The lowest BCUT2D eigenvalue weighted by Gasteiger charge is -2.06. The van der Waals surface area contributed by atoms with E-state index in [1.54, 1.807) is 0 Å². The van der Waals surface area contributed by atoms with E-state index < -0.39 is 0 Å². The minimum absolute atomic E-state index is 0.216. The second-order valence-corrected chi connectivity index (χ2v) is 2.86. The topological polar surface area (TPSA) is 76.7 Å². The molecule has 0 saturated carbocycles. The lowest BCUT2D eigenvalue weighted by Crippen LogP contribution is -2.13. The maximum absolute atomic E-state index is 9.99. The van der Waals surface area contributed by atoms with Crippen LogP contribution in [0.3, 0.4) is 0 Å². The van der Waals surface area contributed by atoms with Gasteiger partial charge < -0.3 is 18.9 Å². The van der Waals surface area contributed by atoms with E-state index in [2.05, 4.69) is 0 Å². The fraction of sp³-hybridized carbons (Fsp3) is 1.00. The summed E-state index contributed by atoms with van der Waals surface area (Å²) >= 11 is 0. The number of hydrogen-bond donors (Lipinski definition) is 0. The summed E-state index contributed by atoms with van der Waals surface area (Å²) in [5, 5.41) is 20.0. The molecule has 0 fully saturated rings. The van der Waals surface area contributed by atoms with Gasteiger partial charge in [-0.05, 0) is 0 Å². The highest BCUT2D eigenvalue weighted by Gasteiger charge is 1.92. The Labute approximate surface area is 96.1 Å². The highest BCUT2D eigenvalue weighted by molar-refractivity contribution is 4.34. The van der Waals surface area contributed by atoms with Gasteiger partial charge in [-0.3, -0.25) is 0 Å². The zero-order valence-corrected chi connectivity index (χ0v) is 9.52. The first-order chi connectivity index (χ1) is 7.91. The van der Waals surface area contributed by atoms with E-state index >= 15 is 0 Å². The van der Waals surface area contributed by atoms with Crippen LogP contribution in [-0.4, -0.2) is 66.1 Å². The lowest BCUT2D eigenvalue weighted by atomic mass is 10.7. The molecule has 0 heterocycles. The second-order valence-electron chi connectivity index (χ2n) is 2.86. The normalized spacial score (nSPS) is 10.9. The van der Waals surface area contributed by atoms with Gasteiger partial charge in [-0.1, -0.05) is 0 Å². The van der Waals surface area contributed by atoms with Gasteiger partial charge in [0.05, 0.1) is 52.9 Å². The van der Waals surface area contributed by atoms with Crippen LogP contribution in [0, 0.1) is 0 Å². The molecule has 2 radical (unpaired) electrons. The molecule has 0 amide bonds. The molecule has 0 aromatic rings. The zero-order valence-electron chi connectivity index (χ0n) is 9.52. The smallest absolute Gasteiger partial charge is 0.106 e. The quantitative estimate of drug-likeness (QED) is 0.419. The molecule has 0 spiro atoms. The summed E-state index contributed by atoms with van der Waals surface area (Å²) in [5.74, 6) is 0. The molecule has 0 unspecified atom stereocenters. The fourth-order valence-electron chi connectivity index (χ4n) is 0.880. The highest BCUT2D eigenvalue weighted by Crippen LogP contribution is 1.82. The average molecular weight is 236 g/mol. The first kappa shape index (κ1) is 15.8. The Morgan fingerprint density at radius 2 is 0.688 bits per heavy atom. The molecule has 0 saturated heterocycles. The van der Waals surface area contributed by atoms with Crippen molar-refractivity contribution in [2.75, 3.05) is 66.1 Å². The Balaban J connectivity index is 2.83. The summed E-state index contributed by atoms with van der Waals surface area (Å²) < 4.78 is 20.2. The van der Waals surface area contributed by atoms with E-state index in [4.69, 9.17) is 18.9 Å². The van der Waals surface area contributed by atoms with Crippen LogP contribution in [-0.2, 0) is 29.2 Å². The third-order valence-corrected chi connectivity index (χ3v) is 1.57. The van der Waals surface area contributed by atoms with Crippen molar-refractivity contribution in [1.82, 2.24) is 0 Å². The molecule has 96 valence electrons. The molecule has 0 aliphatic carbocycles. The molecular formula is C10H20O6. The van der Waals surface area contributed by atoms with Crippen LogP contribution in [0.4, 0.5) is 0 Å². The van der Waals surface area contributed by atoms with Crippen LogP contribution in [0.5, 0.6) is 0 Å². The third-order valence-electron chi connectivity index (χ3n) is 1.57. The van der Waals surface area contributed by atoms with Crippen molar-refractivity contribution in [2.24, 2.45) is 0 Å². The molecule has 0 rings (SSSR count). The van der Waals surface area contributed by atoms with Gasteiger partial charge in [0, 0.05) is 0 Å². The summed E-state index contributed by atoms with van der Waals surface area (Å²) in [7, 11) is 0. The van der Waals surface area contributed by atoms with E-state index in [0.29, 0.717) is 39.6 Å². The summed E-state index contributed by atoms with van der Waals surface area (Å²) in [5.41, 5.74) is 0. The number of hydrogen-bond acceptors (Lipinski definition) is 4. The first-order valence-electron chi connectivity index (χ1n) is 5.39. The molecule has 0 aromatic heterocycles. The summed E-state index contributed by atoms with van der Waals surface area (Å²) in [4.78, 5) is 0. The standard InChI is InChI=1S/C10H20O6/c11-1-3-13-5-7-15-9-10-16-8-6-14-4-2-12/h1-10H2. The van der Waals surface area contributed by atoms with Crippen LogP contribution in [0.2, 0.25) is 0 Å². The van der Waals surface area contributed by atoms with Gasteiger partial charge in [0.25, 0.3) is 0 Å². The minimum atomic E-state index is -0.216. The first-order valence-corrected chi connectivity index (χ1v) is 5.39. The minimum Gasteiger partial charge on any atom is -0.377 e. The molecular weight excluding hydrogens is 216 g/mol. The van der Waals surface area contributed by atoms with Crippen LogP contribution in [0.25, 0.3) is 0 Å². The van der Waals surface area contributed by atoms with Crippen molar-refractivity contribution in [3.8, 4) is 0 Å². The van der Waals surface area contributed by atoms with Crippen molar-refractivity contribution >= 4 is 0 Å². The monoisotopic (exact) mass is 236 g/mol. The lowest BCUT2D eigenvalue weighted by molar-refractivity contribution is -0.0142. The largest absolute Gasteiger partial charge is 0.377 e. The predicted octanol–water partition coefficient (Wildman–Crippen LogP) is -0.0862. The molecule has 0 aliphatic heterocycles. The van der Waals surface area contributed by atoms with Gasteiger partial charge in [0.1, 0.15) is 13.2 Å². The van der Waals surface area contributed by atoms with Crippen LogP contribution >= 0.6 is 0 Å². The van der Waals surface area contributed by atoms with Crippen molar-refractivity contribution in [3.63, 3.8) is 0 Å². The maximum Gasteiger partial charge on any atom is 0.106 e. The Bertz CT molecular complexity index is 108. The van der Waals surface area contributed by atoms with E-state index in [9.17, 15) is 10.2 Å². The molecule has 0 N–H and O–H groups in total. The third kappa shape index (κ3) is 13.8. The molecule has 6 heteroatoms. The molecule has 0 bridgehead atoms. The van der Waals surface area contributed by atoms with Crippen LogP contribution in [0.1, 0.15) is 0 Å². The van der Waals surface area contributed by atoms with Crippen molar-refractivity contribution in [2.45, 2.75) is 0 Å². The second kappa shape index (κ2) is 14.8. The molecule has 0 aromatic carbocycles. The molecule has 6 nitrogen and oxygen atoms in total. The van der Waals surface area contributed by atoms with Gasteiger partial charge >= 0.3 is 0 Å². The summed E-state index contributed by atoms with van der Waals surface area (Å²) in [6.07, 6.45) is 0. The van der Waals surface area contributed by atoms with E-state index in [1.807, 2.05) is 0 Å². The van der Waals surface area contributed by atoms with E-state index in [-0.39, 0.29) is 26.4 Å². The molecule has 0 aliphatic rings. The van der Waals surface area contributed by atoms with Gasteiger partial charge in [0.15, 0.2) is 0 Å². The average Bonchev–Trinajstić information content (AvgIpc) is 2.31. The van der Waals surface area contributed by atoms with Gasteiger partial charge in [-0.2, -0.15) is 0 Å². The number of rotatable bonds is 13. The van der Waals surface area contributed by atoms with Crippen LogP contribution < -0.4 is 0 Å². The van der Waals surface area contributed by atoms with E-state index in [1.165, 1.54) is 0 Å². The Kier molecular flexibility index (Phi) is 14.5. The van der Waals surface area contributed by atoms with Crippen molar-refractivity contribution in [3.05, 3.63) is 0 Å². The summed E-state index contributed by atoms with van der Waals surface area (Å²) in [6, 6.07) is 0. The zero-order chi connectivity index (χ0) is 11.9. The maximum atomic E-state index is 9.99.